The van der Waals surface area contributed by atoms with Gasteiger partial charge in [0.15, 0.2) is 0 Å². The summed E-state index contributed by atoms with van der Waals surface area (Å²) >= 11 is 0. The molecule has 2 N–H and O–H groups in total. The molecular weight excluding hydrogens is 342 g/mol. The molecule has 0 aliphatic carbocycles. The lowest BCUT2D eigenvalue weighted by atomic mass is 9.95. The summed E-state index contributed by atoms with van der Waals surface area (Å²) in [6.07, 6.45) is 23.1. The molecule has 0 fully saturated rings. The van der Waals surface area contributed by atoms with E-state index in [2.05, 4.69) is 49.4 Å². The number of allylic oxidation sites excluding steroid dienone is 2. The number of hydrogen-bond donors (Lipinski definition) is 1. The second kappa shape index (κ2) is 17.5. The standard InChI is InChI=1S/C26H43NO/c1-24(25-21-17-15-18-22-25)20-16-13-11-9-7-5-3-2-4-6-8-10-12-14-19-23-26(27)28/h2,4,15,17-18,21-22,24H,3,5-14,16,19-20,23H2,1H3,(H2,27,28)/b4-2-. The molecule has 28 heavy (non-hydrogen) atoms. The van der Waals surface area contributed by atoms with Gasteiger partial charge in [-0.05, 0) is 50.0 Å². The van der Waals surface area contributed by atoms with Gasteiger partial charge < -0.3 is 5.73 Å². The fourth-order valence-electron chi connectivity index (χ4n) is 3.70. The number of hydrogen-bond acceptors (Lipinski definition) is 1. The van der Waals surface area contributed by atoms with Gasteiger partial charge in [0.25, 0.3) is 0 Å². The molecule has 2 heteroatoms. The summed E-state index contributed by atoms with van der Waals surface area (Å²) in [6, 6.07) is 10.9. The summed E-state index contributed by atoms with van der Waals surface area (Å²) in [7, 11) is 0. The van der Waals surface area contributed by atoms with E-state index in [1.165, 1.54) is 82.6 Å². The highest BCUT2D eigenvalue weighted by Crippen LogP contribution is 2.22. The lowest BCUT2D eigenvalue weighted by Crippen LogP contribution is -2.09. The minimum atomic E-state index is -0.166. The van der Waals surface area contributed by atoms with E-state index in [1.807, 2.05) is 0 Å². The SMILES string of the molecule is CC(CCCCCCCC/C=C\CCCCCCCC(N)=O)c1ccccc1. The van der Waals surface area contributed by atoms with Gasteiger partial charge in [-0.15, -0.1) is 0 Å². The zero-order valence-corrected chi connectivity index (χ0v) is 18.2. The monoisotopic (exact) mass is 385 g/mol. The average Bonchev–Trinajstić information content (AvgIpc) is 2.70. The van der Waals surface area contributed by atoms with Gasteiger partial charge in [-0.3, -0.25) is 4.79 Å². The molecule has 1 aromatic carbocycles. The highest BCUT2D eigenvalue weighted by molar-refractivity contribution is 5.73. The third kappa shape index (κ3) is 14.5. The number of rotatable bonds is 18. The molecule has 1 unspecified atom stereocenters. The van der Waals surface area contributed by atoms with Gasteiger partial charge in [0.05, 0.1) is 0 Å². The van der Waals surface area contributed by atoms with Crippen LogP contribution in [0.2, 0.25) is 0 Å². The molecule has 0 aliphatic heterocycles. The number of amides is 1. The van der Waals surface area contributed by atoms with Crippen molar-refractivity contribution in [3.8, 4) is 0 Å². The van der Waals surface area contributed by atoms with Crippen LogP contribution in [0.3, 0.4) is 0 Å². The van der Waals surface area contributed by atoms with Crippen molar-refractivity contribution in [1.82, 2.24) is 0 Å². The molecule has 1 atom stereocenters. The Bertz CT molecular complexity index is 508. The maximum Gasteiger partial charge on any atom is 0.217 e. The Balaban J connectivity index is 1.80. The van der Waals surface area contributed by atoms with Gasteiger partial charge in [-0.1, -0.05) is 101 Å². The largest absolute Gasteiger partial charge is 0.370 e. The summed E-state index contributed by atoms with van der Waals surface area (Å²) in [5.41, 5.74) is 6.62. The van der Waals surface area contributed by atoms with E-state index >= 15 is 0 Å². The Labute approximate surface area is 174 Å². The van der Waals surface area contributed by atoms with Crippen LogP contribution >= 0.6 is 0 Å². The summed E-state index contributed by atoms with van der Waals surface area (Å²) < 4.78 is 0. The Morgan fingerprint density at radius 2 is 1.29 bits per heavy atom. The van der Waals surface area contributed by atoms with Crippen molar-refractivity contribution in [2.75, 3.05) is 0 Å². The van der Waals surface area contributed by atoms with E-state index in [9.17, 15) is 4.79 Å². The molecule has 2 nitrogen and oxygen atoms in total. The van der Waals surface area contributed by atoms with E-state index in [-0.39, 0.29) is 5.91 Å². The first-order valence-corrected chi connectivity index (χ1v) is 11.7. The first kappa shape index (κ1) is 24.5. The van der Waals surface area contributed by atoms with Crippen molar-refractivity contribution in [1.29, 1.82) is 0 Å². The minimum Gasteiger partial charge on any atom is -0.370 e. The van der Waals surface area contributed by atoms with Crippen LogP contribution in [0, 0.1) is 0 Å². The molecule has 0 radical (unpaired) electrons. The fraction of sp³-hybridized carbons (Fsp3) is 0.654. The van der Waals surface area contributed by atoms with Crippen LogP contribution in [0.5, 0.6) is 0 Å². The summed E-state index contributed by atoms with van der Waals surface area (Å²) in [5.74, 6) is 0.530. The molecule has 1 aromatic rings. The van der Waals surface area contributed by atoms with Crippen LogP contribution in [0.1, 0.15) is 115 Å². The number of unbranched alkanes of at least 4 members (excludes halogenated alkanes) is 11. The van der Waals surface area contributed by atoms with Crippen molar-refractivity contribution in [3.63, 3.8) is 0 Å². The van der Waals surface area contributed by atoms with E-state index in [0.29, 0.717) is 12.3 Å². The highest BCUT2D eigenvalue weighted by Gasteiger charge is 2.03. The summed E-state index contributed by atoms with van der Waals surface area (Å²) in [5, 5.41) is 0. The van der Waals surface area contributed by atoms with Crippen LogP contribution in [0.4, 0.5) is 0 Å². The summed E-state index contributed by atoms with van der Waals surface area (Å²) in [6.45, 7) is 2.35. The Morgan fingerprint density at radius 3 is 1.86 bits per heavy atom. The molecular formula is C26H43NO. The average molecular weight is 386 g/mol. The molecule has 0 spiro atoms. The second-order valence-electron chi connectivity index (χ2n) is 8.25. The quantitative estimate of drug-likeness (QED) is 0.204. The molecule has 0 saturated carbocycles. The number of nitrogens with two attached hydrogens (primary N) is 1. The number of benzene rings is 1. The predicted octanol–water partition coefficient (Wildman–Crippen LogP) is 7.68. The van der Waals surface area contributed by atoms with Crippen LogP contribution in [-0.2, 0) is 4.79 Å². The Morgan fingerprint density at radius 1 is 0.786 bits per heavy atom. The molecule has 0 saturated heterocycles. The molecule has 0 aliphatic rings. The normalized spacial score (nSPS) is 12.5. The van der Waals surface area contributed by atoms with Crippen LogP contribution < -0.4 is 5.73 Å². The van der Waals surface area contributed by atoms with Gasteiger partial charge in [0.2, 0.25) is 5.91 Å². The van der Waals surface area contributed by atoms with Crippen molar-refractivity contribution in [2.24, 2.45) is 5.73 Å². The molecule has 1 rings (SSSR count). The van der Waals surface area contributed by atoms with E-state index in [1.54, 1.807) is 0 Å². The second-order valence-corrected chi connectivity index (χ2v) is 8.25. The van der Waals surface area contributed by atoms with Crippen molar-refractivity contribution in [3.05, 3.63) is 48.0 Å². The van der Waals surface area contributed by atoms with Gasteiger partial charge in [-0.2, -0.15) is 0 Å². The minimum absolute atomic E-state index is 0.166. The van der Waals surface area contributed by atoms with Gasteiger partial charge in [-0.25, -0.2) is 0 Å². The summed E-state index contributed by atoms with van der Waals surface area (Å²) in [4.78, 5) is 10.6. The smallest absolute Gasteiger partial charge is 0.217 e. The Kier molecular flexibility index (Phi) is 15.3. The van der Waals surface area contributed by atoms with E-state index in [0.717, 1.165) is 12.8 Å². The molecule has 1 amide bonds. The molecule has 0 bridgehead atoms. The van der Waals surface area contributed by atoms with Gasteiger partial charge >= 0.3 is 0 Å². The molecule has 158 valence electrons. The maximum absolute atomic E-state index is 10.6. The Hall–Kier alpha value is -1.57. The zero-order chi connectivity index (χ0) is 20.3. The lowest BCUT2D eigenvalue weighted by Gasteiger charge is -2.11. The fourth-order valence-corrected chi connectivity index (χ4v) is 3.70. The first-order valence-electron chi connectivity index (χ1n) is 11.7. The number of primary amides is 1. The highest BCUT2D eigenvalue weighted by atomic mass is 16.1. The van der Waals surface area contributed by atoms with Gasteiger partial charge in [0.1, 0.15) is 0 Å². The van der Waals surface area contributed by atoms with Crippen LogP contribution in [0.15, 0.2) is 42.5 Å². The zero-order valence-electron chi connectivity index (χ0n) is 18.2. The predicted molar refractivity (Wildman–Crippen MR) is 122 cm³/mol. The van der Waals surface area contributed by atoms with Crippen molar-refractivity contribution >= 4 is 5.91 Å². The third-order valence-corrected chi connectivity index (χ3v) is 5.59. The topological polar surface area (TPSA) is 43.1 Å². The first-order chi connectivity index (χ1) is 13.7. The molecule has 0 aromatic heterocycles. The third-order valence-electron chi connectivity index (χ3n) is 5.59. The van der Waals surface area contributed by atoms with E-state index in [4.69, 9.17) is 5.73 Å². The van der Waals surface area contributed by atoms with Crippen LogP contribution in [0.25, 0.3) is 0 Å². The molecule has 0 heterocycles. The van der Waals surface area contributed by atoms with E-state index < -0.39 is 0 Å². The van der Waals surface area contributed by atoms with Crippen molar-refractivity contribution in [2.45, 2.75) is 109 Å². The number of carbonyl (C=O) groups is 1. The maximum atomic E-state index is 10.6. The van der Waals surface area contributed by atoms with Gasteiger partial charge in [0, 0.05) is 6.42 Å². The van der Waals surface area contributed by atoms with Crippen LogP contribution in [-0.4, -0.2) is 5.91 Å². The number of carbonyl (C=O) groups excluding carboxylic acids is 1. The lowest BCUT2D eigenvalue weighted by molar-refractivity contribution is -0.118. The van der Waals surface area contributed by atoms with Crippen molar-refractivity contribution < 1.29 is 4.79 Å².